The minimum absolute atomic E-state index is 0.0723. The van der Waals surface area contributed by atoms with E-state index in [1.54, 1.807) is 18.2 Å². The first-order valence-electron chi connectivity index (χ1n) is 7.37. The molecule has 0 fully saturated rings. The highest BCUT2D eigenvalue weighted by molar-refractivity contribution is 6.41. The molecule has 0 aromatic heterocycles. The van der Waals surface area contributed by atoms with Gasteiger partial charge in [0, 0.05) is 11.6 Å². The predicted molar refractivity (Wildman–Crippen MR) is 100 cm³/mol. The molecular formula is C19H15Cl2NO4. The number of ketones is 1. The summed E-state index contributed by atoms with van der Waals surface area (Å²) in [4.78, 5) is 12.7. The Morgan fingerprint density at radius 2 is 1.54 bits per heavy atom. The summed E-state index contributed by atoms with van der Waals surface area (Å²) < 4.78 is 15.8. The fourth-order valence-electron chi connectivity index (χ4n) is 2.32. The lowest BCUT2D eigenvalue weighted by Crippen LogP contribution is -2.04. The third kappa shape index (κ3) is 3.93. The van der Waals surface area contributed by atoms with Gasteiger partial charge >= 0.3 is 0 Å². The molecule has 0 saturated heterocycles. The molecule has 2 rings (SSSR count). The van der Waals surface area contributed by atoms with Crippen molar-refractivity contribution >= 4 is 35.1 Å². The molecule has 0 radical (unpaired) electrons. The van der Waals surface area contributed by atoms with Gasteiger partial charge in [-0.1, -0.05) is 29.3 Å². The van der Waals surface area contributed by atoms with Gasteiger partial charge in [0.1, 0.15) is 17.4 Å². The van der Waals surface area contributed by atoms with Crippen LogP contribution in [0.1, 0.15) is 15.9 Å². The van der Waals surface area contributed by atoms with Gasteiger partial charge in [-0.15, -0.1) is 0 Å². The van der Waals surface area contributed by atoms with E-state index in [-0.39, 0.29) is 21.2 Å². The van der Waals surface area contributed by atoms with Crippen molar-refractivity contribution in [2.75, 3.05) is 21.3 Å². The van der Waals surface area contributed by atoms with Gasteiger partial charge < -0.3 is 14.2 Å². The van der Waals surface area contributed by atoms with E-state index < -0.39 is 5.78 Å². The SMILES string of the molecule is COc1cc(OC)c(OC)cc1/C=C(\C#N)C(=O)c1c(Cl)cccc1Cl. The summed E-state index contributed by atoms with van der Waals surface area (Å²) >= 11 is 12.1. The van der Waals surface area contributed by atoms with Crippen LogP contribution in [0.15, 0.2) is 35.9 Å². The molecule has 0 spiro atoms. The van der Waals surface area contributed by atoms with Crippen LogP contribution in [0.4, 0.5) is 0 Å². The number of carbonyl (C=O) groups is 1. The second kappa shape index (κ2) is 8.61. The molecule has 0 saturated carbocycles. The summed E-state index contributed by atoms with van der Waals surface area (Å²) in [6.45, 7) is 0. The van der Waals surface area contributed by atoms with Crippen LogP contribution in [-0.2, 0) is 0 Å². The Morgan fingerprint density at radius 1 is 1.00 bits per heavy atom. The number of halogens is 2. The number of nitriles is 1. The first-order valence-corrected chi connectivity index (χ1v) is 8.12. The average Bonchev–Trinajstić information content (AvgIpc) is 2.65. The number of nitrogens with zero attached hydrogens (tertiary/aromatic N) is 1. The van der Waals surface area contributed by atoms with Crippen molar-refractivity contribution in [1.29, 1.82) is 5.26 Å². The van der Waals surface area contributed by atoms with Gasteiger partial charge in [-0.05, 0) is 24.3 Å². The minimum Gasteiger partial charge on any atom is -0.496 e. The maximum Gasteiger partial charge on any atom is 0.206 e. The number of ether oxygens (including phenoxy) is 3. The maximum absolute atomic E-state index is 12.7. The lowest BCUT2D eigenvalue weighted by atomic mass is 10.0. The molecule has 0 bridgehead atoms. The average molecular weight is 392 g/mol. The second-order valence-electron chi connectivity index (χ2n) is 5.04. The van der Waals surface area contributed by atoms with E-state index in [4.69, 9.17) is 37.4 Å². The van der Waals surface area contributed by atoms with Crippen LogP contribution in [0.3, 0.4) is 0 Å². The van der Waals surface area contributed by atoms with Crippen LogP contribution in [0.2, 0.25) is 10.0 Å². The lowest BCUT2D eigenvalue weighted by Gasteiger charge is -2.12. The molecule has 0 heterocycles. The molecule has 26 heavy (non-hydrogen) atoms. The predicted octanol–water partition coefficient (Wildman–Crippen LogP) is 4.81. The van der Waals surface area contributed by atoms with Gasteiger partial charge in [0.2, 0.25) is 5.78 Å². The normalized spacial score (nSPS) is 10.8. The number of hydrogen-bond acceptors (Lipinski definition) is 5. The standard InChI is InChI=1S/C19H15Cl2NO4/c1-24-15-9-17(26-3)16(25-2)8-11(15)7-12(10-22)19(23)18-13(20)5-4-6-14(18)21/h4-9H,1-3H3/b12-7+. The second-order valence-corrected chi connectivity index (χ2v) is 5.86. The molecule has 0 aliphatic rings. The van der Waals surface area contributed by atoms with Crippen molar-refractivity contribution in [3.8, 4) is 23.3 Å². The summed E-state index contributed by atoms with van der Waals surface area (Å²) in [5.74, 6) is 0.717. The van der Waals surface area contributed by atoms with Crippen molar-refractivity contribution in [1.82, 2.24) is 0 Å². The summed E-state index contributed by atoms with van der Waals surface area (Å²) in [5.41, 5.74) is 0.395. The summed E-state index contributed by atoms with van der Waals surface area (Å²) in [6, 6.07) is 9.79. The molecule has 0 unspecified atom stereocenters. The van der Waals surface area contributed by atoms with Crippen molar-refractivity contribution in [3.05, 3.63) is 57.1 Å². The van der Waals surface area contributed by atoms with Crippen LogP contribution in [-0.4, -0.2) is 27.1 Å². The highest BCUT2D eigenvalue weighted by atomic mass is 35.5. The molecule has 134 valence electrons. The Kier molecular flexibility index (Phi) is 6.51. The zero-order valence-corrected chi connectivity index (χ0v) is 15.8. The quantitative estimate of drug-likeness (QED) is 0.401. The molecule has 5 nitrogen and oxygen atoms in total. The number of Topliss-reactive ketones (excluding diaryl/α,β-unsaturated/α-hetero) is 1. The summed E-state index contributed by atoms with van der Waals surface area (Å²) in [5, 5.41) is 9.81. The van der Waals surface area contributed by atoms with E-state index in [1.807, 2.05) is 6.07 Å². The van der Waals surface area contributed by atoms with E-state index in [1.165, 1.54) is 39.5 Å². The fourth-order valence-corrected chi connectivity index (χ4v) is 2.89. The Labute approximate surface area is 161 Å². The van der Waals surface area contributed by atoms with Crippen molar-refractivity contribution in [2.45, 2.75) is 0 Å². The Morgan fingerprint density at radius 3 is 2.04 bits per heavy atom. The first-order chi connectivity index (χ1) is 12.5. The largest absolute Gasteiger partial charge is 0.496 e. The Balaban J connectivity index is 2.59. The highest BCUT2D eigenvalue weighted by Gasteiger charge is 2.20. The minimum atomic E-state index is -0.583. The van der Waals surface area contributed by atoms with Gasteiger partial charge in [-0.25, -0.2) is 0 Å². The number of methoxy groups -OCH3 is 3. The monoisotopic (exact) mass is 391 g/mol. The number of carbonyl (C=O) groups excluding carboxylic acids is 1. The third-order valence-electron chi connectivity index (χ3n) is 3.59. The molecule has 7 heteroatoms. The number of allylic oxidation sites excluding steroid dienone is 1. The van der Waals surface area contributed by atoms with Crippen molar-refractivity contribution in [2.24, 2.45) is 0 Å². The number of hydrogen-bond donors (Lipinski definition) is 0. The number of rotatable bonds is 6. The van der Waals surface area contributed by atoms with E-state index in [2.05, 4.69) is 0 Å². The van der Waals surface area contributed by atoms with Crippen LogP contribution in [0, 0.1) is 11.3 Å². The van der Waals surface area contributed by atoms with E-state index in [0.29, 0.717) is 22.8 Å². The molecule has 2 aromatic rings. The van der Waals surface area contributed by atoms with E-state index in [0.717, 1.165) is 0 Å². The van der Waals surface area contributed by atoms with Gasteiger partial charge in [0.15, 0.2) is 11.5 Å². The lowest BCUT2D eigenvalue weighted by molar-refractivity contribution is 0.104. The van der Waals surface area contributed by atoms with Crippen LogP contribution >= 0.6 is 23.2 Å². The molecule has 0 atom stereocenters. The van der Waals surface area contributed by atoms with Gasteiger partial charge in [-0.2, -0.15) is 5.26 Å². The number of benzene rings is 2. The Bertz CT molecular complexity index is 896. The maximum atomic E-state index is 12.7. The third-order valence-corrected chi connectivity index (χ3v) is 4.22. The molecule has 0 aliphatic heterocycles. The van der Waals surface area contributed by atoms with Gasteiger partial charge in [-0.3, -0.25) is 4.79 Å². The van der Waals surface area contributed by atoms with Crippen molar-refractivity contribution in [3.63, 3.8) is 0 Å². The van der Waals surface area contributed by atoms with Crippen LogP contribution in [0.5, 0.6) is 17.2 Å². The molecule has 0 aliphatic carbocycles. The molecule has 2 aromatic carbocycles. The van der Waals surface area contributed by atoms with Crippen LogP contribution < -0.4 is 14.2 Å². The summed E-state index contributed by atoms with van der Waals surface area (Å²) in [6.07, 6.45) is 1.39. The molecule has 0 amide bonds. The van der Waals surface area contributed by atoms with Crippen LogP contribution in [0.25, 0.3) is 6.08 Å². The fraction of sp³-hybridized carbons (Fsp3) is 0.158. The topological polar surface area (TPSA) is 68.6 Å². The zero-order valence-electron chi connectivity index (χ0n) is 14.3. The summed E-state index contributed by atoms with van der Waals surface area (Å²) in [7, 11) is 4.45. The smallest absolute Gasteiger partial charge is 0.206 e. The first kappa shape index (κ1) is 19.6. The van der Waals surface area contributed by atoms with Gasteiger partial charge in [0.05, 0.1) is 36.9 Å². The zero-order chi connectivity index (χ0) is 19.3. The van der Waals surface area contributed by atoms with Gasteiger partial charge in [0.25, 0.3) is 0 Å². The van der Waals surface area contributed by atoms with E-state index >= 15 is 0 Å². The Hall–Kier alpha value is -2.68. The molecule has 0 N–H and O–H groups in total. The van der Waals surface area contributed by atoms with Crippen molar-refractivity contribution < 1.29 is 19.0 Å². The molecular weight excluding hydrogens is 377 g/mol. The van der Waals surface area contributed by atoms with E-state index in [9.17, 15) is 10.1 Å². The highest BCUT2D eigenvalue weighted by Crippen LogP contribution is 2.36.